The molecule has 6 nitrogen and oxygen atoms in total. The molecule has 0 radical (unpaired) electrons. The lowest BCUT2D eigenvalue weighted by Gasteiger charge is -2.28. The van der Waals surface area contributed by atoms with Crippen LogP contribution in [-0.2, 0) is 4.79 Å². The fraction of sp³-hybridized carbons (Fsp3) is 0.571. The fourth-order valence-corrected chi connectivity index (χ4v) is 3.79. The molecule has 0 spiro atoms. The van der Waals surface area contributed by atoms with Crippen LogP contribution in [0.2, 0.25) is 0 Å². The van der Waals surface area contributed by atoms with Gasteiger partial charge in [0.2, 0.25) is 5.91 Å². The van der Waals surface area contributed by atoms with Crippen LogP contribution in [-0.4, -0.2) is 42.9 Å². The van der Waals surface area contributed by atoms with E-state index in [0.29, 0.717) is 29.1 Å². The number of anilines is 1. The highest BCUT2D eigenvalue weighted by Crippen LogP contribution is 2.28. The smallest absolute Gasteiger partial charge is 0.251 e. The van der Waals surface area contributed by atoms with Crippen molar-refractivity contribution in [2.75, 3.05) is 25.5 Å². The quantitative estimate of drug-likeness (QED) is 0.725. The third-order valence-corrected chi connectivity index (χ3v) is 4.89. The summed E-state index contributed by atoms with van der Waals surface area (Å²) in [5.41, 5.74) is 11.4. The summed E-state index contributed by atoms with van der Waals surface area (Å²) in [6, 6.07) is 1.98. The van der Waals surface area contributed by atoms with Crippen LogP contribution in [0.3, 0.4) is 0 Å². The fourth-order valence-electron chi connectivity index (χ4n) is 2.98. The third-order valence-electron chi connectivity index (χ3n) is 4.06. The number of rotatable bonds is 6. The molecule has 1 fully saturated rings. The molecule has 7 heteroatoms. The summed E-state index contributed by atoms with van der Waals surface area (Å²) in [5, 5.41) is 5.02. The lowest BCUT2D eigenvalue weighted by molar-refractivity contribution is -0.117. The number of primary amides is 1. The summed E-state index contributed by atoms with van der Waals surface area (Å²) in [6.45, 7) is 0.949. The largest absolute Gasteiger partial charge is 0.366 e. The molecule has 21 heavy (non-hydrogen) atoms. The summed E-state index contributed by atoms with van der Waals surface area (Å²) in [6.07, 6.45) is 3.37. The maximum atomic E-state index is 12.1. The zero-order valence-electron chi connectivity index (χ0n) is 12.2. The van der Waals surface area contributed by atoms with Crippen molar-refractivity contribution in [1.82, 2.24) is 4.90 Å². The molecule has 0 bridgehead atoms. The van der Waals surface area contributed by atoms with Crippen molar-refractivity contribution in [2.24, 2.45) is 17.4 Å². The van der Waals surface area contributed by atoms with E-state index in [2.05, 4.69) is 10.2 Å². The standard InChI is InChI=1S/C14H22N4O2S/c1-18(11-4-2-3-9(11)7-15)8-12(19)17-14-10(13(16)20)5-6-21-14/h5-6,9,11H,2-4,7-8,15H2,1H3,(H2,16,20)(H,17,19). The van der Waals surface area contributed by atoms with E-state index in [1.165, 1.54) is 11.3 Å². The predicted molar refractivity (Wildman–Crippen MR) is 84.3 cm³/mol. The number of nitrogens with two attached hydrogens (primary N) is 2. The Morgan fingerprint density at radius 3 is 2.90 bits per heavy atom. The van der Waals surface area contributed by atoms with E-state index in [0.717, 1.165) is 19.3 Å². The first-order valence-corrected chi connectivity index (χ1v) is 7.98. The zero-order valence-corrected chi connectivity index (χ0v) is 13.0. The monoisotopic (exact) mass is 310 g/mol. The molecule has 2 amide bonds. The average Bonchev–Trinajstić information content (AvgIpc) is 3.05. The Balaban J connectivity index is 1.92. The highest BCUT2D eigenvalue weighted by molar-refractivity contribution is 7.14. The van der Waals surface area contributed by atoms with Gasteiger partial charge in [-0.2, -0.15) is 0 Å². The molecule has 116 valence electrons. The summed E-state index contributed by atoms with van der Waals surface area (Å²) in [4.78, 5) is 25.4. The van der Waals surface area contributed by atoms with Gasteiger partial charge in [-0.3, -0.25) is 14.5 Å². The first-order chi connectivity index (χ1) is 10.0. The van der Waals surface area contributed by atoms with Crippen molar-refractivity contribution in [1.29, 1.82) is 0 Å². The lowest BCUT2D eigenvalue weighted by atomic mass is 10.0. The van der Waals surface area contributed by atoms with E-state index >= 15 is 0 Å². The normalized spacial score (nSPS) is 21.7. The van der Waals surface area contributed by atoms with Gasteiger partial charge in [0.05, 0.1) is 12.1 Å². The molecule has 2 atom stereocenters. The van der Waals surface area contributed by atoms with E-state index in [1.54, 1.807) is 11.4 Å². The van der Waals surface area contributed by atoms with Gasteiger partial charge in [-0.15, -0.1) is 11.3 Å². The number of hydrogen-bond acceptors (Lipinski definition) is 5. The van der Waals surface area contributed by atoms with Gasteiger partial charge in [-0.05, 0) is 43.8 Å². The predicted octanol–water partition coefficient (Wildman–Crippen LogP) is 0.845. The van der Waals surface area contributed by atoms with E-state index < -0.39 is 5.91 Å². The van der Waals surface area contributed by atoms with Crippen LogP contribution in [0.4, 0.5) is 5.00 Å². The maximum absolute atomic E-state index is 12.1. The maximum Gasteiger partial charge on any atom is 0.251 e. The Morgan fingerprint density at radius 1 is 1.48 bits per heavy atom. The molecule has 1 saturated carbocycles. The first kappa shape index (κ1) is 15.9. The van der Waals surface area contributed by atoms with Gasteiger partial charge in [-0.1, -0.05) is 6.42 Å². The van der Waals surface area contributed by atoms with Crippen molar-refractivity contribution < 1.29 is 9.59 Å². The van der Waals surface area contributed by atoms with Crippen LogP contribution < -0.4 is 16.8 Å². The molecule has 1 aromatic rings. The molecule has 2 rings (SSSR count). The van der Waals surface area contributed by atoms with Gasteiger partial charge in [0.1, 0.15) is 5.00 Å². The molecule has 1 heterocycles. The Morgan fingerprint density at radius 2 is 2.24 bits per heavy atom. The van der Waals surface area contributed by atoms with Crippen molar-refractivity contribution in [3.8, 4) is 0 Å². The van der Waals surface area contributed by atoms with Gasteiger partial charge in [0, 0.05) is 6.04 Å². The van der Waals surface area contributed by atoms with E-state index in [-0.39, 0.29) is 12.5 Å². The number of thiophene rings is 1. The van der Waals surface area contributed by atoms with Gasteiger partial charge >= 0.3 is 0 Å². The van der Waals surface area contributed by atoms with Crippen LogP contribution in [0, 0.1) is 5.92 Å². The number of carbonyl (C=O) groups is 2. The molecule has 2 unspecified atom stereocenters. The van der Waals surface area contributed by atoms with E-state index in [4.69, 9.17) is 11.5 Å². The zero-order chi connectivity index (χ0) is 15.4. The van der Waals surface area contributed by atoms with Gasteiger partial charge in [-0.25, -0.2) is 0 Å². The topological polar surface area (TPSA) is 101 Å². The van der Waals surface area contributed by atoms with Gasteiger partial charge in [0.15, 0.2) is 0 Å². The Bertz CT molecular complexity index is 517. The Hall–Kier alpha value is -1.44. The van der Waals surface area contributed by atoms with Crippen molar-refractivity contribution in [3.05, 3.63) is 17.0 Å². The lowest BCUT2D eigenvalue weighted by Crippen LogP contribution is -2.41. The summed E-state index contributed by atoms with van der Waals surface area (Å²) < 4.78 is 0. The summed E-state index contributed by atoms with van der Waals surface area (Å²) in [7, 11) is 1.95. The van der Waals surface area contributed by atoms with E-state index in [1.807, 2.05) is 7.05 Å². The van der Waals surface area contributed by atoms with Crippen LogP contribution >= 0.6 is 11.3 Å². The molecule has 1 aliphatic carbocycles. The highest BCUT2D eigenvalue weighted by Gasteiger charge is 2.30. The van der Waals surface area contributed by atoms with Crippen molar-refractivity contribution in [3.63, 3.8) is 0 Å². The highest BCUT2D eigenvalue weighted by atomic mass is 32.1. The number of amides is 2. The molecular weight excluding hydrogens is 288 g/mol. The first-order valence-electron chi connectivity index (χ1n) is 7.10. The number of hydrogen-bond donors (Lipinski definition) is 3. The van der Waals surface area contributed by atoms with Crippen LogP contribution in [0.1, 0.15) is 29.6 Å². The number of nitrogens with one attached hydrogen (secondary N) is 1. The van der Waals surface area contributed by atoms with Crippen LogP contribution in [0.5, 0.6) is 0 Å². The Labute approximate surface area is 128 Å². The molecule has 0 aliphatic heterocycles. The average molecular weight is 310 g/mol. The van der Waals surface area contributed by atoms with E-state index in [9.17, 15) is 9.59 Å². The number of carbonyl (C=O) groups excluding carboxylic acids is 2. The number of likely N-dealkylation sites (N-methyl/N-ethyl adjacent to an activating group) is 1. The molecule has 1 aromatic heterocycles. The second kappa shape index (κ2) is 7.02. The molecule has 5 N–H and O–H groups in total. The van der Waals surface area contributed by atoms with Gasteiger partial charge < -0.3 is 16.8 Å². The van der Waals surface area contributed by atoms with Gasteiger partial charge in [0.25, 0.3) is 5.91 Å². The summed E-state index contributed by atoms with van der Waals surface area (Å²) in [5.74, 6) is -0.199. The number of nitrogens with zero attached hydrogens (tertiary/aromatic N) is 1. The minimum Gasteiger partial charge on any atom is -0.366 e. The SMILES string of the molecule is CN(CC(=O)Nc1sccc1C(N)=O)C1CCCC1CN. The minimum atomic E-state index is -0.529. The Kier molecular flexibility index (Phi) is 5.33. The molecule has 0 aromatic carbocycles. The van der Waals surface area contributed by atoms with Crippen LogP contribution in [0.25, 0.3) is 0 Å². The molecule has 1 aliphatic rings. The molecular formula is C14H22N4O2S. The third kappa shape index (κ3) is 3.81. The minimum absolute atomic E-state index is 0.134. The van der Waals surface area contributed by atoms with Crippen molar-refractivity contribution >= 4 is 28.2 Å². The van der Waals surface area contributed by atoms with Crippen LogP contribution in [0.15, 0.2) is 11.4 Å². The second-order valence-corrected chi connectivity index (χ2v) is 6.40. The molecule has 0 saturated heterocycles. The summed E-state index contributed by atoms with van der Waals surface area (Å²) >= 11 is 1.30. The van der Waals surface area contributed by atoms with Crippen molar-refractivity contribution in [2.45, 2.75) is 25.3 Å². The second-order valence-electron chi connectivity index (χ2n) is 5.48.